The number of carboxylic acid groups (broad SMARTS) is 9. The normalized spacial score (nSPS) is 12.8. The number of hydrogen-bond acceptors (Lipinski definition) is 32. The van der Waals surface area contributed by atoms with Crippen LogP contribution in [0.3, 0.4) is 0 Å². The van der Waals surface area contributed by atoms with E-state index in [1.807, 2.05) is 20.8 Å². The van der Waals surface area contributed by atoms with Crippen LogP contribution in [-0.2, 0) is 126 Å². The molecule has 4 rings (SSSR count). The number of nitrogens with one attached hydrogen (secondary N) is 5. The van der Waals surface area contributed by atoms with Gasteiger partial charge in [0.1, 0.15) is 72.6 Å². The lowest BCUT2D eigenvalue weighted by Gasteiger charge is -2.33. The zero-order valence-electron chi connectivity index (χ0n) is 69.9. The summed E-state index contributed by atoms with van der Waals surface area (Å²) in [5.74, 6) is -16.0. The van der Waals surface area contributed by atoms with Gasteiger partial charge in [0.25, 0.3) is 5.91 Å². The van der Waals surface area contributed by atoms with Crippen molar-refractivity contribution in [2.75, 3.05) is 125 Å². The molecule has 0 bridgehead atoms. The van der Waals surface area contributed by atoms with Crippen LogP contribution in [0.2, 0.25) is 0 Å². The lowest BCUT2D eigenvalue weighted by atomic mass is 9.84. The quantitative estimate of drug-likeness (QED) is 0.0239. The van der Waals surface area contributed by atoms with E-state index in [0.29, 0.717) is 43.1 Å². The van der Waals surface area contributed by atoms with Crippen molar-refractivity contribution in [3.8, 4) is 17.2 Å². The standard InChI is InChI=1S/C76H115N17O31/c1-5-91-35-51(82-85-91)44-122-60-31-50(32-61(123-45-52-36-92(6-2)86-83-52)70(60)124-46-53-37-93(7-3)87-84-53)71(110)81-56(34-77-4)72(111)80-25-30-118-26-20-55(95)33-76(47-119-27-19-54(94)15-9-8-10-16-57(73(112)113)88(38-64(98)99)39-65(100)101,48-120-28-21-62(96)78-23-13-11-17-58(74(114)115)89(40-66(102)103)41-67(104)105)49-121-29-22-63(97)79-24-14-12-18-59(75(116)117)90(42-68(106)107)43-69(108)109/h31-32,35-37,56-59,77H,5-30,33-34,38-49H2,1-4H3,(H,78,96)(H,79,97)(H,80,111)(H,81,110)(H,98,99)(H,100,101)(H,102,103)(H,104,105)(H,106,107)(H,108,109)(H,112,113)(H,114,115)(H,116,117). The molecule has 690 valence electrons. The number of aliphatic carboxylic acids is 9. The summed E-state index contributed by atoms with van der Waals surface area (Å²) in [5.41, 5.74) is -0.123. The topological polar surface area (TPSA) is 665 Å². The van der Waals surface area contributed by atoms with Crippen LogP contribution in [0.1, 0.15) is 151 Å². The Kier molecular flexibility index (Phi) is 48.5. The molecule has 4 aromatic rings. The summed E-state index contributed by atoms with van der Waals surface area (Å²) < 4.78 is 47.8. The summed E-state index contributed by atoms with van der Waals surface area (Å²) in [4.78, 5) is 189. The number of ether oxygens (including phenoxy) is 7. The van der Waals surface area contributed by atoms with Gasteiger partial charge in [-0.2, -0.15) is 0 Å². The average molecular weight is 1760 g/mol. The van der Waals surface area contributed by atoms with Crippen molar-refractivity contribution in [2.45, 2.75) is 187 Å². The molecule has 14 N–H and O–H groups in total. The molecule has 4 atom stereocenters. The Morgan fingerprint density at radius 3 is 1.17 bits per heavy atom. The van der Waals surface area contributed by atoms with Crippen molar-refractivity contribution in [3.63, 3.8) is 0 Å². The van der Waals surface area contributed by atoms with Crippen LogP contribution in [0.15, 0.2) is 30.7 Å². The van der Waals surface area contributed by atoms with Gasteiger partial charge in [0.15, 0.2) is 11.5 Å². The Balaban J connectivity index is 1.53. The van der Waals surface area contributed by atoms with Crippen LogP contribution < -0.4 is 40.8 Å². The van der Waals surface area contributed by atoms with Crippen molar-refractivity contribution in [1.82, 2.24) is 86.3 Å². The summed E-state index contributed by atoms with van der Waals surface area (Å²) in [6.45, 7) is -0.692. The van der Waals surface area contributed by atoms with Gasteiger partial charge in [0, 0.05) is 95.3 Å². The third kappa shape index (κ3) is 41.8. The number of ketones is 2. The first-order valence-electron chi connectivity index (χ1n) is 40.2. The van der Waals surface area contributed by atoms with Gasteiger partial charge >= 0.3 is 53.7 Å². The van der Waals surface area contributed by atoms with Crippen molar-refractivity contribution in [2.24, 2.45) is 5.41 Å². The minimum atomic E-state index is -1.47. The summed E-state index contributed by atoms with van der Waals surface area (Å²) in [6, 6.07) is -2.77. The zero-order chi connectivity index (χ0) is 91.5. The molecule has 3 aromatic heterocycles. The average Bonchev–Trinajstić information content (AvgIpc) is 0.897. The SMILES string of the molecule is CCn1cc(COc2cc(C(=O)NC(CNC)C(=O)NCCOCCC(=O)CC(COCCC(=O)CCCCCC(C(=O)O)N(CC(=O)O)CC(=O)O)(COCCC(=O)NCCCCC(C(=O)O)N(CC(=O)O)CC(=O)O)COCCC(=O)NCCCCC(C(=O)O)N(CC(=O)O)CC(=O)O)cc(OCc3cn(CC)nn3)c2OCc2cn(CC)nn2)nn1. The number of hydrogen-bond donors (Lipinski definition) is 14. The van der Waals surface area contributed by atoms with Gasteiger partial charge in [0.05, 0.1) is 111 Å². The third-order valence-corrected chi connectivity index (χ3v) is 18.6. The lowest BCUT2D eigenvalue weighted by Crippen LogP contribution is -2.51. The third-order valence-electron chi connectivity index (χ3n) is 18.6. The molecule has 0 spiro atoms. The Morgan fingerprint density at radius 2 is 0.798 bits per heavy atom. The molecule has 0 aliphatic carbocycles. The fourth-order valence-electron chi connectivity index (χ4n) is 12.4. The van der Waals surface area contributed by atoms with E-state index in [9.17, 15) is 118 Å². The van der Waals surface area contributed by atoms with Crippen LogP contribution in [0.25, 0.3) is 0 Å². The largest absolute Gasteiger partial charge is 0.483 e. The van der Waals surface area contributed by atoms with E-state index in [1.54, 1.807) is 39.7 Å². The Labute approximate surface area is 712 Å². The fourth-order valence-corrected chi connectivity index (χ4v) is 12.4. The predicted octanol–water partition coefficient (Wildman–Crippen LogP) is -0.870. The van der Waals surface area contributed by atoms with Crippen LogP contribution in [-0.4, -0.2) is 344 Å². The number of rotatable bonds is 74. The minimum Gasteiger partial charge on any atom is -0.483 e. The summed E-state index contributed by atoms with van der Waals surface area (Å²) >= 11 is 0. The van der Waals surface area contributed by atoms with Crippen molar-refractivity contribution in [3.05, 3.63) is 53.4 Å². The van der Waals surface area contributed by atoms with Crippen molar-refractivity contribution < 1.29 is 151 Å². The molecule has 0 aliphatic heterocycles. The maximum Gasteiger partial charge on any atom is 0.320 e. The van der Waals surface area contributed by atoms with E-state index in [-0.39, 0.29) is 224 Å². The van der Waals surface area contributed by atoms with E-state index in [1.165, 1.54) is 12.1 Å². The first kappa shape index (κ1) is 105. The number of unbranched alkanes of at least 4 members (excludes halogenated alkanes) is 4. The Morgan fingerprint density at radius 1 is 0.427 bits per heavy atom. The number of benzene rings is 1. The van der Waals surface area contributed by atoms with Gasteiger partial charge in [-0.05, 0) is 91.3 Å². The van der Waals surface area contributed by atoms with Crippen LogP contribution in [0.5, 0.6) is 17.2 Å². The minimum absolute atomic E-state index is 0.00951. The fraction of sp³-hybridized carbons (Fsp3) is 0.645. The zero-order valence-corrected chi connectivity index (χ0v) is 69.9. The number of aromatic nitrogens is 9. The number of nitrogens with zero attached hydrogens (tertiary/aromatic N) is 12. The summed E-state index contributed by atoms with van der Waals surface area (Å²) in [6.07, 6.45) is 4.57. The van der Waals surface area contributed by atoms with E-state index < -0.39 is 152 Å². The second-order valence-corrected chi connectivity index (χ2v) is 28.7. The van der Waals surface area contributed by atoms with E-state index >= 15 is 0 Å². The monoisotopic (exact) mass is 1760 g/mol. The van der Waals surface area contributed by atoms with E-state index in [0.717, 1.165) is 14.7 Å². The first-order chi connectivity index (χ1) is 59.2. The van der Waals surface area contributed by atoms with Gasteiger partial charge < -0.3 is 106 Å². The maximum atomic E-state index is 14.4. The molecule has 0 saturated carbocycles. The number of likely N-dealkylation sites (N-methyl/N-ethyl adjacent to an activating group) is 1. The molecule has 48 heteroatoms. The highest BCUT2D eigenvalue weighted by molar-refractivity contribution is 5.99. The van der Waals surface area contributed by atoms with Gasteiger partial charge in [-0.15, -0.1) is 15.3 Å². The van der Waals surface area contributed by atoms with E-state index in [2.05, 4.69) is 57.5 Å². The molecule has 0 radical (unpaired) electrons. The van der Waals surface area contributed by atoms with Crippen molar-refractivity contribution in [1.29, 1.82) is 0 Å². The lowest BCUT2D eigenvalue weighted by molar-refractivity contribution is -0.152. The summed E-state index contributed by atoms with van der Waals surface area (Å²) in [5, 5.41) is 124. The van der Waals surface area contributed by atoms with Gasteiger partial charge in [-0.1, -0.05) is 28.5 Å². The number of carbonyl (C=O) groups excluding carboxylic acids is 6. The molecule has 3 heterocycles. The summed E-state index contributed by atoms with van der Waals surface area (Å²) in [7, 11) is 1.56. The number of aryl methyl sites for hydroxylation is 3. The molecule has 48 nitrogen and oxygen atoms in total. The number of carbonyl (C=O) groups is 15. The second-order valence-electron chi connectivity index (χ2n) is 28.7. The molecule has 0 fully saturated rings. The van der Waals surface area contributed by atoms with Gasteiger partial charge in [-0.25, -0.2) is 0 Å². The van der Waals surface area contributed by atoms with Crippen LogP contribution >= 0.6 is 0 Å². The highest BCUT2D eigenvalue weighted by Gasteiger charge is 2.37. The smallest absolute Gasteiger partial charge is 0.320 e. The molecule has 124 heavy (non-hydrogen) atoms. The Bertz CT molecular complexity index is 3780. The Hall–Kier alpha value is -11.8. The molecule has 4 amide bonds. The molecule has 1 aromatic carbocycles. The molecule has 0 aliphatic rings. The first-order valence-corrected chi connectivity index (χ1v) is 40.2. The number of amides is 4. The molecular formula is C76H115N17O31. The second kappa shape index (κ2) is 57.5. The highest BCUT2D eigenvalue weighted by atomic mass is 16.5. The van der Waals surface area contributed by atoms with Crippen molar-refractivity contribution >= 4 is 88.9 Å². The molecule has 0 saturated heterocycles. The van der Waals surface area contributed by atoms with Crippen LogP contribution in [0, 0.1) is 5.41 Å². The predicted molar refractivity (Wildman–Crippen MR) is 425 cm³/mol. The number of carboxylic acids is 9. The van der Waals surface area contributed by atoms with Crippen LogP contribution in [0.4, 0.5) is 0 Å². The number of Topliss-reactive ketones (excluding diaryl/α,β-unsaturated/α-hetero) is 2. The van der Waals surface area contributed by atoms with Gasteiger partial charge in [0.2, 0.25) is 23.5 Å². The molecule has 4 unspecified atom stereocenters. The maximum absolute atomic E-state index is 14.4. The van der Waals surface area contributed by atoms with E-state index in [4.69, 9.17) is 33.2 Å². The highest BCUT2D eigenvalue weighted by Crippen LogP contribution is 2.41. The molecular weight excluding hydrogens is 1650 g/mol. The van der Waals surface area contributed by atoms with Gasteiger partial charge in [-0.3, -0.25) is 101 Å².